The lowest BCUT2D eigenvalue weighted by atomic mass is 9.94. The highest BCUT2D eigenvalue weighted by atomic mass is 32.2. The van der Waals surface area contributed by atoms with Crippen LogP contribution in [0.15, 0.2) is 18.3 Å². The van der Waals surface area contributed by atoms with Crippen LogP contribution in [0.5, 0.6) is 5.75 Å². The highest BCUT2D eigenvalue weighted by molar-refractivity contribution is 7.90. The Kier molecular flexibility index (Phi) is 7.86. The Morgan fingerprint density at radius 1 is 1.31 bits per heavy atom. The van der Waals surface area contributed by atoms with Gasteiger partial charge in [0.15, 0.2) is 0 Å². The number of ether oxygens (including phenoxy) is 2. The topological polar surface area (TPSA) is 101 Å². The molecule has 0 bridgehead atoms. The minimum absolute atomic E-state index is 0.0275. The van der Waals surface area contributed by atoms with Crippen molar-refractivity contribution in [2.45, 2.75) is 56.1 Å². The van der Waals surface area contributed by atoms with E-state index in [1.54, 1.807) is 10.5 Å². The molecule has 164 valence electrons. The van der Waals surface area contributed by atoms with Crippen molar-refractivity contribution in [2.24, 2.45) is 0 Å². The molecule has 3 heterocycles. The van der Waals surface area contributed by atoms with Crippen LogP contribution in [0.25, 0.3) is 0 Å². The van der Waals surface area contributed by atoms with E-state index in [1.807, 2.05) is 12.1 Å². The van der Waals surface area contributed by atoms with Gasteiger partial charge in [0.1, 0.15) is 10.5 Å². The molecule has 2 aliphatic rings. The summed E-state index contributed by atoms with van der Waals surface area (Å²) in [5.41, 5.74) is 3.09. The molecule has 0 atom stereocenters. The molecule has 3 rings (SSSR count). The van der Waals surface area contributed by atoms with Crippen molar-refractivity contribution in [2.75, 3.05) is 39.5 Å². The van der Waals surface area contributed by atoms with E-state index >= 15 is 0 Å². The highest BCUT2D eigenvalue weighted by Gasteiger charge is 2.48. The highest BCUT2D eigenvalue weighted by Crippen LogP contribution is 2.36. The summed E-state index contributed by atoms with van der Waals surface area (Å²) in [4.78, 5) is 4.55. The number of hydrogen-bond acceptors (Lipinski definition) is 7. The van der Waals surface area contributed by atoms with E-state index < -0.39 is 14.8 Å². The molecule has 0 amide bonds. The molecule has 1 aromatic rings. The number of nitrogens with one attached hydrogen (secondary N) is 1. The van der Waals surface area contributed by atoms with Gasteiger partial charge >= 0.3 is 0 Å². The van der Waals surface area contributed by atoms with Crippen LogP contribution in [0.3, 0.4) is 0 Å². The molecule has 9 heteroatoms. The van der Waals surface area contributed by atoms with Crippen molar-refractivity contribution < 1.29 is 23.1 Å². The number of rotatable bonds is 9. The lowest BCUT2D eigenvalue weighted by Crippen LogP contribution is -2.57. The Bertz CT molecular complexity index is 721. The Hall–Kier alpha value is -1.26. The van der Waals surface area contributed by atoms with Crippen LogP contribution in [-0.4, -0.2) is 67.1 Å². The van der Waals surface area contributed by atoms with Crippen LogP contribution in [-0.2, 0) is 14.8 Å². The van der Waals surface area contributed by atoms with Crippen LogP contribution in [0.2, 0.25) is 0 Å². The summed E-state index contributed by atoms with van der Waals surface area (Å²) < 4.78 is 38.3. The first-order chi connectivity index (χ1) is 14.0. The second kappa shape index (κ2) is 10.2. The van der Waals surface area contributed by atoms with Crippen molar-refractivity contribution in [3.63, 3.8) is 0 Å². The lowest BCUT2D eigenvalue weighted by Gasteiger charge is -2.41. The zero-order chi connectivity index (χ0) is 20.7. The molecule has 0 saturated carbocycles. The van der Waals surface area contributed by atoms with Gasteiger partial charge < -0.3 is 14.7 Å². The number of nitrogens with zero attached hydrogens (tertiary/aromatic N) is 2. The molecule has 29 heavy (non-hydrogen) atoms. The SMILES string of the molecule is CCCCOc1ccc(C2CCN(S(=O)(=O)C3(CNO)CCOCC3)CC2)nc1. The molecular weight excluding hydrogens is 394 g/mol. The fourth-order valence-corrected chi connectivity index (χ4v) is 6.30. The number of unbranched alkanes of at least 4 members (excludes halogenated alkanes) is 1. The first kappa shape index (κ1) is 22.4. The van der Waals surface area contributed by atoms with E-state index in [4.69, 9.17) is 9.47 Å². The quantitative estimate of drug-likeness (QED) is 0.461. The van der Waals surface area contributed by atoms with Crippen molar-refractivity contribution >= 4 is 10.0 Å². The van der Waals surface area contributed by atoms with Gasteiger partial charge in [0.25, 0.3) is 0 Å². The Labute approximate surface area is 173 Å². The van der Waals surface area contributed by atoms with Gasteiger partial charge in [-0.25, -0.2) is 18.2 Å². The van der Waals surface area contributed by atoms with Gasteiger partial charge in [0, 0.05) is 44.5 Å². The maximum atomic E-state index is 13.4. The number of pyridine rings is 1. The predicted octanol–water partition coefficient (Wildman–Crippen LogP) is 2.30. The Morgan fingerprint density at radius 2 is 2.03 bits per heavy atom. The predicted molar refractivity (Wildman–Crippen MR) is 110 cm³/mol. The molecule has 0 unspecified atom stereocenters. The molecule has 2 aliphatic heterocycles. The van der Waals surface area contributed by atoms with Crippen molar-refractivity contribution in [1.29, 1.82) is 0 Å². The van der Waals surface area contributed by atoms with Crippen molar-refractivity contribution in [1.82, 2.24) is 14.8 Å². The molecular formula is C20H33N3O5S. The molecule has 0 aromatic carbocycles. The third-order valence-electron chi connectivity index (χ3n) is 6.09. The first-order valence-electron chi connectivity index (χ1n) is 10.6. The summed E-state index contributed by atoms with van der Waals surface area (Å²) >= 11 is 0. The molecule has 0 aliphatic carbocycles. The zero-order valence-corrected chi connectivity index (χ0v) is 18.0. The Morgan fingerprint density at radius 3 is 2.62 bits per heavy atom. The summed E-state index contributed by atoms with van der Waals surface area (Å²) in [7, 11) is -3.54. The minimum Gasteiger partial charge on any atom is -0.492 e. The number of hydrogen-bond donors (Lipinski definition) is 2. The van der Waals surface area contributed by atoms with Crippen LogP contribution in [0.4, 0.5) is 0 Å². The number of piperidine rings is 1. The van der Waals surface area contributed by atoms with Crippen LogP contribution >= 0.6 is 0 Å². The molecule has 8 nitrogen and oxygen atoms in total. The van der Waals surface area contributed by atoms with E-state index in [0.717, 1.165) is 37.1 Å². The summed E-state index contributed by atoms with van der Waals surface area (Å²) in [5, 5.41) is 9.23. The smallest absolute Gasteiger partial charge is 0.221 e. The fourth-order valence-electron chi connectivity index (χ4n) is 4.13. The maximum absolute atomic E-state index is 13.4. The normalized spacial score (nSPS) is 21.2. The van der Waals surface area contributed by atoms with E-state index in [0.29, 0.717) is 45.8 Å². The Balaban J connectivity index is 1.60. The van der Waals surface area contributed by atoms with Crippen molar-refractivity contribution in [3.05, 3.63) is 24.0 Å². The molecule has 2 fully saturated rings. The average molecular weight is 428 g/mol. The molecule has 0 radical (unpaired) electrons. The van der Waals surface area contributed by atoms with Gasteiger partial charge in [0.05, 0.1) is 12.8 Å². The van der Waals surface area contributed by atoms with Gasteiger partial charge in [0.2, 0.25) is 10.0 Å². The minimum atomic E-state index is -3.54. The van der Waals surface area contributed by atoms with Crippen molar-refractivity contribution in [3.8, 4) is 5.75 Å². The van der Waals surface area contributed by atoms with Gasteiger partial charge in [-0.05, 0) is 44.2 Å². The maximum Gasteiger partial charge on any atom is 0.221 e. The number of sulfonamides is 1. The summed E-state index contributed by atoms with van der Waals surface area (Å²) in [6, 6.07) is 3.94. The van der Waals surface area contributed by atoms with E-state index in [1.165, 1.54) is 0 Å². The van der Waals surface area contributed by atoms with Gasteiger partial charge in [-0.1, -0.05) is 13.3 Å². The molecule has 1 aromatic heterocycles. The molecule has 2 saturated heterocycles. The summed E-state index contributed by atoms with van der Waals surface area (Å²) in [5.74, 6) is 1.02. The number of hydroxylamine groups is 1. The lowest BCUT2D eigenvalue weighted by molar-refractivity contribution is 0.0565. The summed E-state index contributed by atoms with van der Waals surface area (Å²) in [6.07, 6.45) is 6.14. The van der Waals surface area contributed by atoms with E-state index in [-0.39, 0.29) is 12.5 Å². The van der Waals surface area contributed by atoms with Gasteiger partial charge in [-0.15, -0.1) is 0 Å². The van der Waals surface area contributed by atoms with E-state index in [9.17, 15) is 13.6 Å². The fraction of sp³-hybridized carbons (Fsp3) is 0.750. The van der Waals surface area contributed by atoms with Crippen LogP contribution in [0, 0.1) is 0 Å². The average Bonchev–Trinajstić information content (AvgIpc) is 2.75. The standard InChI is InChI=1S/C20H33N3O5S/c1-2-3-12-28-18-4-5-19(21-15-18)17-6-10-23(11-7-17)29(25,26)20(16-22-24)8-13-27-14-9-20/h4-5,15,17,22,24H,2-3,6-14,16H2,1H3. The largest absolute Gasteiger partial charge is 0.492 e. The second-order valence-electron chi connectivity index (χ2n) is 7.93. The monoisotopic (exact) mass is 427 g/mol. The van der Waals surface area contributed by atoms with Crippen LogP contribution < -0.4 is 10.2 Å². The third kappa shape index (κ3) is 5.08. The van der Waals surface area contributed by atoms with Crippen LogP contribution in [0.1, 0.15) is 57.1 Å². The number of aromatic nitrogens is 1. The second-order valence-corrected chi connectivity index (χ2v) is 10.3. The van der Waals surface area contributed by atoms with Gasteiger partial charge in [-0.3, -0.25) is 4.98 Å². The zero-order valence-electron chi connectivity index (χ0n) is 17.2. The van der Waals surface area contributed by atoms with E-state index in [2.05, 4.69) is 17.4 Å². The first-order valence-corrected chi connectivity index (χ1v) is 12.0. The van der Waals surface area contributed by atoms with Gasteiger partial charge in [-0.2, -0.15) is 0 Å². The third-order valence-corrected chi connectivity index (χ3v) is 8.78. The summed E-state index contributed by atoms with van der Waals surface area (Å²) in [6.45, 7) is 4.58. The molecule has 2 N–H and O–H groups in total. The molecule has 0 spiro atoms.